The van der Waals surface area contributed by atoms with E-state index in [4.69, 9.17) is 11.6 Å². The summed E-state index contributed by atoms with van der Waals surface area (Å²) >= 11 is 6.90. The molecule has 0 aromatic carbocycles. The number of nitrogens with zero attached hydrogens (tertiary/aromatic N) is 2. The molecule has 1 aromatic heterocycles. The lowest BCUT2D eigenvalue weighted by Crippen LogP contribution is -2.45. The second kappa shape index (κ2) is 6.31. The van der Waals surface area contributed by atoms with Crippen molar-refractivity contribution in [1.29, 1.82) is 0 Å². The zero-order valence-electron chi connectivity index (χ0n) is 10.4. The van der Waals surface area contributed by atoms with Crippen LogP contribution >= 0.6 is 23.1 Å². The van der Waals surface area contributed by atoms with Gasteiger partial charge in [0, 0.05) is 11.4 Å². The molecule has 1 heterocycles. The Labute approximate surface area is 111 Å². The van der Waals surface area contributed by atoms with Crippen LogP contribution in [0.3, 0.4) is 0 Å². The number of hydrogen-bond donors (Lipinski definition) is 1. The summed E-state index contributed by atoms with van der Waals surface area (Å²) in [5.74, 6) is 0.443. The van der Waals surface area contributed by atoms with Crippen LogP contribution < -0.4 is 5.32 Å². The molecule has 0 radical (unpaired) electrons. The molecule has 0 aliphatic heterocycles. The molecule has 0 aliphatic rings. The van der Waals surface area contributed by atoms with Gasteiger partial charge in [-0.1, -0.05) is 18.3 Å². The van der Waals surface area contributed by atoms with E-state index in [-0.39, 0.29) is 11.4 Å². The summed E-state index contributed by atoms with van der Waals surface area (Å²) in [7, 11) is 0. The number of nitrogens with one attached hydrogen (secondary N) is 1. The number of hydrogen-bond acceptors (Lipinski definition) is 4. The van der Waals surface area contributed by atoms with E-state index in [2.05, 4.69) is 14.9 Å². The van der Waals surface area contributed by atoms with Crippen LogP contribution in [0.4, 0.5) is 0 Å². The average molecular weight is 276 g/mol. The van der Waals surface area contributed by atoms with Crippen molar-refractivity contribution >= 4 is 29.0 Å². The van der Waals surface area contributed by atoms with Crippen LogP contribution in [0.5, 0.6) is 0 Å². The molecular formula is C11H18ClN3OS. The molecule has 17 heavy (non-hydrogen) atoms. The SMILES string of the molecule is CCc1nnsc1C(=O)NC(C)(CC)CCCl. The number of halogens is 1. The molecule has 6 heteroatoms. The summed E-state index contributed by atoms with van der Waals surface area (Å²) in [5, 5.41) is 6.97. The fourth-order valence-electron chi connectivity index (χ4n) is 1.48. The molecule has 96 valence electrons. The fraction of sp³-hybridized carbons (Fsp3) is 0.727. The lowest BCUT2D eigenvalue weighted by molar-refractivity contribution is 0.0904. The van der Waals surface area contributed by atoms with Crippen molar-refractivity contribution in [2.75, 3.05) is 5.88 Å². The molecule has 1 unspecified atom stereocenters. The molecule has 1 aromatic rings. The first-order chi connectivity index (χ1) is 8.06. The van der Waals surface area contributed by atoms with Crippen molar-refractivity contribution < 1.29 is 4.79 Å². The Kier molecular flexibility index (Phi) is 5.33. The monoisotopic (exact) mass is 275 g/mol. The van der Waals surface area contributed by atoms with Crippen molar-refractivity contribution in [1.82, 2.24) is 14.9 Å². The maximum absolute atomic E-state index is 12.1. The van der Waals surface area contributed by atoms with Gasteiger partial charge in [-0.2, -0.15) is 0 Å². The molecule has 0 aliphatic carbocycles. The highest BCUT2D eigenvalue weighted by molar-refractivity contribution is 7.08. The fourth-order valence-corrected chi connectivity index (χ4v) is 2.54. The number of rotatable bonds is 6. The van der Waals surface area contributed by atoms with E-state index in [0.29, 0.717) is 10.8 Å². The number of alkyl halides is 1. The standard InChI is InChI=1S/C11H18ClN3OS/c1-4-8-9(17-15-14-8)10(16)13-11(3,5-2)6-7-12/h4-7H2,1-3H3,(H,13,16). The summed E-state index contributed by atoms with van der Waals surface area (Å²) < 4.78 is 3.82. The highest BCUT2D eigenvalue weighted by Crippen LogP contribution is 2.18. The zero-order chi connectivity index (χ0) is 12.9. The third kappa shape index (κ3) is 3.64. The highest BCUT2D eigenvalue weighted by atomic mass is 35.5. The van der Waals surface area contributed by atoms with Gasteiger partial charge in [0.2, 0.25) is 0 Å². The van der Waals surface area contributed by atoms with Crippen molar-refractivity contribution in [2.45, 2.75) is 45.6 Å². The van der Waals surface area contributed by atoms with Crippen molar-refractivity contribution in [3.63, 3.8) is 0 Å². The van der Waals surface area contributed by atoms with Crippen molar-refractivity contribution in [3.8, 4) is 0 Å². The smallest absolute Gasteiger partial charge is 0.265 e. The van der Waals surface area contributed by atoms with Gasteiger partial charge in [0.15, 0.2) is 0 Å². The van der Waals surface area contributed by atoms with E-state index < -0.39 is 0 Å². The number of carbonyl (C=O) groups excluding carboxylic acids is 1. The highest BCUT2D eigenvalue weighted by Gasteiger charge is 2.26. The quantitative estimate of drug-likeness (QED) is 0.812. The Hall–Kier alpha value is -0.680. The summed E-state index contributed by atoms with van der Waals surface area (Å²) in [6.45, 7) is 6.01. The maximum atomic E-state index is 12.1. The van der Waals surface area contributed by atoms with Gasteiger partial charge in [-0.15, -0.1) is 16.7 Å². The first-order valence-electron chi connectivity index (χ1n) is 5.76. The van der Waals surface area contributed by atoms with Crippen LogP contribution in [-0.2, 0) is 6.42 Å². The molecule has 0 bridgehead atoms. The second-order valence-corrected chi connectivity index (χ2v) is 5.34. The second-order valence-electron chi connectivity index (χ2n) is 4.21. The van der Waals surface area contributed by atoms with Crippen LogP contribution in [0, 0.1) is 0 Å². The minimum atomic E-state index is -0.256. The first kappa shape index (κ1) is 14.4. The van der Waals surface area contributed by atoms with Gasteiger partial charge < -0.3 is 5.32 Å². The normalized spacial score (nSPS) is 14.4. The number of aryl methyl sites for hydroxylation is 1. The average Bonchev–Trinajstić information content (AvgIpc) is 2.77. The Balaban J connectivity index is 2.77. The number of carbonyl (C=O) groups is 1. The van der Waals surface area contributed by atoms with Gasteiger partial charge in [0.25, 0.3) is 5.91 Å². The maximum Gasteiger partial charge on any atom is 0.265 e. The predicted octanol–water partition coefficient (Wildman–Crippen LogP) is 2.63. The third-order valence-corrected chi connectivity index (χ3v) is 3.89. The van der Waals surface area contributed by atoms with Crippen molar-refractivity contribution in [2.24, 2.45) is 0 Å². The van der Waals surface area contributed by atoms with Gasteiger partial charge in [-0.25, -0.2) is 0 Å². The minimum absolute atomic E-state index is 0.0914. The summed E-state index contributed by atoms with van der Waals surface area (Å²) in [6.07, 6.45) is 2.32. The van der Waals surface area contributed by atoms with Crippen LogP contribution in [-0.4, -0.2) is 26.9 Å². The summed E-state index contributed by atoms with van der Waals surface area (Å²) in [5.41, 5.74) is 0.505. The summed E-state index contributed by atoms with van der Waals surface area (Å²) in [6, 6.07) is 0. The van der Waals surface area contributed by atoms with Crippen LogP contribution in [0.2, 0.25) is 0 Å². The number of aromatic nitrogens is 2. The van der Waals surface area contributed by atoms with Gasteiger partial charge in [-0.3, -0.25) is 4.79 Å². The van der Waals surface area contributed by atoms with E-state index in [1.165, 1.54) is 0 Å². The molecule has 1 atom stereocenters. The van der Waals surface area contributed by atoms with E-state index in [9.17, 15) is 4.79 Å². The lowest BCUT2D eigenvalue weighted by atomic mass is 9.95. The van der Waals surface area contributed by atoms with Crippen LogP contribution in [0.25, 0.3) is 0 Å². The summed E-state index contributed by atoms with van der Waals surface area (Å²) in [4.78, 5) is 12.7. The topological polar surface area (TPSA) is 54.9 Å². The Morgan fingerprint density at radius 3 is 2.76 bits per heavy atom. The largest absolute Gasteiger partial charge is 0.346 e. The van der Waals surface area contributed by atoms with E-state index in [1.807, 2.05) is 20.8 Å². The van der Waals surface area contributed by atoms with E-state index >= 15 is 0 Å². The zero-order valence-corrected chi connectivity index (χ0v) is 12.0. The molecule has 1 rings (SSSR count). The minimum Gasteiger partial charge on any atom is -0.346 e. The molecule has 1 N–H and O–H groups in total. The van der Waals surface area contributed by atoms with E-state index in [0.717, 1.165) is 36.5 Å². The predicted molar refractivity (Wildman–Crippen MR) is 70.8 cm³/mol. The number of amides is 1. The Morgan fingerprint density at radius 2 is 2.24 bits per heavy atom. The third-order valence-electron chi connectivity index (χ3n) is 2.94. The van der Waals surface area contributed by atoms with Crippen molar-refractivity contribution in [3.05, 3.63) is 10.6 Å². The first-order valence-corrected chi connectivity index (χ1v) is 7.06. The Bertz CT molecular complexity index is 383. The van der Waals surface area contributed by atoms with Gasteiger partial charge >= 0.3 is 0 Å². The van der Waals surface area contributed by atoms with Crippen LogP contribution in [0.1, 0.15) is 49.0 Å². The molecular weight excluding hydrogens is 258 g/mol. The molecule has 1 amide bonds. The lowest BCUT2D eigenvalue weighted by Gasteiger charge is -2.28. The van der Waals surface area contributed by atoms with Gasteiger partial charge in [0.05, 0.1) is 5.69 Å². The molecule has 0 saturated heterocycles. The molecule has 0 saturated carbocycles. The molecule has 4 nitrogen and oxygen atoms in total. The van der Waals surface area contributed by atoms with Crippen LogP contribution in [0.15, 0.2) is 0 Å². The van der Waals surface area contributed by atoms with E-state index in [1.54, 1.807) is 0 Å². The molecule has 0 spiro atoms. The molecule has 0 fully saturated rings. The van der Waals surface area contributed by atoms with Gasteiger partial charge in [-0.05, 0) is 37.7 Å². The Morgan fingerprint density at radius 1 is 1.53 bits per heavy atom. The van der Waals surface area contributed by atoms with Gasteiger partial charge in [0.1, 0.15) is 4.88 Å².